The Morgan fingerprint density at radius 2 is 2.12 bits per heavy atom. The minimum atomic E-state index is -0.344. The zero-order valence-corrected chi connectivity index (χ0v) is 14.3. The van der Waals surface area contributed by atoms with Crippen LogP contribution in [0, 0.1) is 0 Å². The van der Waals surface area contributed by atoms with Crippen LogP contribution in [-0.4, -0.2) is 38.4 Å². The molecule has 2 heterocycles. The number of aromatic nitrogens is 3. The number of carbonyl (C=O) groups excluding carboxylic acids is 1. The molecule has 0 saturated carbocycles. The molecule has 0 spiro atoms. The van der Waals surface area contributed by atoms with Crippen molar-refractivity contribution < 1.29 is 9.53 Å². The highest BCUT2D eigenvalue weighted by Gasteiger charge is 2.28. The van der Waals surface area contributed by atoms with Crippen LogP contribution < -0.4 is 4.74 Å². The molecule has 1 amide bonds. The zero-order valence-electron chi connectivity index (χ0n) is 14.3. The summed E-state index contributed by atoms with van der Waals surface area (Å²) in [6.07, 6.45) is 5.14. The first-order valence-electron chi connectivity index (χ1n) is 8.54. The van der Waals surface area contributed by atoms with Crippen LogP contribution >= 0.6 is 0 Å². The fraction of sp³-hybridized carbons (Fsp3) is 0.500. The van der Waals surface area contributed by atoms with Gasteiger partial charge in [0.25, 0.3) is 0 Å². The molecular formula is C18H24N4O2. The van der Waals surface area contributed by atoms with Gasteiger partial charge in [-0.1, -0.05) is 23.4 Å². The normalized spacial score (nSPS) is 19.1. The molecule has 2 aromatic rings. The molecule has 1 saturated heterocycles. The standard InChI is InChI=1S/C18H24N4O2/c1-14-8-6-7-11-21(14)18(23)15(2)22-12-16(19-20-22)13-24-17-9-4-3-5-10-17/h3-5,9-10,12,14-15H,6-8,11,13H2,1-2H3/t14-,15-/m1/s1. The molecule has 1 aliphatic heterocycles. The largest absolute Gasteiger partial charge is 0.487 e. The minimum absolute atomic E-state index is 0.114. The van der Waals surface area contributed by atoms with E-state index in [1.54, 1.807) is 10.9 Å². The highest BCUT2D eigenvalue weighted by atomic mass is 16.5. The molecule has 6 heteroatoms. The first kappa shape index (κ1) is 16.5. The number of likely N-dealkylation sites (tertiary alicyclic amines) is 1. The summed E-state index contributed by atoms with van der Waals surface area (Å²) in [7, 11) is 0. The Labute approximate surface area is 142 Å². The second-order valence-corrected chi connectivity index (χ2v) is 6.34. The third kappa shape index (κ3) is 3.75. The van der Waals surface area contributed by atoms with E-state index in [1.165, 1.54) is 6.42 Å². The average Bonchev–Trinajstić information content (AvgIpc) is 3.09. The van der Waals surface area contributed by atoms with Crippen LogP contribution in [0.3, 0.4) is 0 Å². The van der Waals surface area contributed by atoms with E-state index < -0.39 is 0 Å². The lowest BCUT2D eigenvalue weighted by atomic mass is 10.0. The van der Waals surface area contributed by atoms with Crippen LogP contribution in [0.5, 0.6) is 5.75 Å². The highest BCUT2D eigenvalue weighted by molar-refractivity contribution is 5.80. The maximum atomic E-state index is 12.7. The summed E-state index contributed by atoms with van der Waals surface area (Å²) in [4.78, 5) is 14.7. The molecule has 1 fully saturated rings. The molecule has 1 aromatic carbocycles. The summed E-state index contributed by atoms with van der Waals surface area (Å²) in [5.41, 5.74) is 0.713. The Bertz CT molecular complexity index is 671. The minimum Gasteiger partial charge on any atom is -0.487 e. The number of rotatable bonds is 5. The van der Waals surface area contributed by atoms with Gasteiger partial charge in [0, 0.05) is 12.6 Å². The third-order valence-corrected chi connectivity index (χ3v) is 4.53. The van der Waals surface area contributed by atoms with Crippen LogP contribution in [0.25, 0.3) is 0 Å². The summed E-state index contributed by atoms with van der Waals surface area (Å²) in [6, 6.07) is 9.54. The van der Waals surface area contributed by atoms with Crippen LogP contribution in [0.15, 0.2) is 36.5 Å². The van der Waals surface area contributed by atoms with Gasteiger partial charge in [-0.15, -0.1) is 5.10 Å². The number of carbonyl (C=O) groups is 1. The molecular weight excluding hydrogens is 304 g/mol. The van der Waals surface area contributed by atoms with Gasteiger partial charge in [-0.05, 0) is 45.2 Å². The van der Waals surface area contributed by atoms with E-state index in [4.69, 9.17) is 4.74 Å². The predicted molar refractivity (Wildman–Crippen MR) is 90.5 cm³/mol. The summed E-state index contributed by atoms with van der Waals surface area (Å²) in [6.45, 7) is 5.17. The number of amides is 1. The fourth-order valence-corrected chi connectivity index (χ4v) is 3.02. The van der Waals surface area contributed by atoms with Crippen molar-refractivity contribution in [2.24, 2.45) is 0 Å². The van der Waals surface area contributed by atoms with Crippen LogP contribution in [0.4, 0.5) is 0 Å². The molecule has 6 nitrogen and oxygen atoms in total. The number of hydrogen-bond acceptors (Lipinski definition) is 4. The zero-order chi connectivity index (χ0) is 16.9. The number of piperidine rings is 1. The van der Waals surface area contributed by atoms with Crippen molar-refractivity contribution >= 4 is 5.91 Å². The Morgan fingerprint density at radius 1 is 1.33 bits per heavy atom. The molecule has 1 aliphatic rings. The Hall–Kier alpha value is -2.37. The second kappa shape index (κ2) is 7.47. The van der Waals surface area contributed by atoms with E-state index in [9.17, 15) is 4.79 Å². The van der Waals surface area contributed by atoms with E-state index in [-0.39, 0.29) is 11.9 Å². The summed E-state index contributed by atoms with van der Waals surface area (Å²) in [5, 5.41) is 8.22. The number of para-hydroxylation sites is 1. The van der Waals surface area contributed by atoms with Crippen molar-refractivity contribution in [1.29, 1.82) is 0 Å². The van der Waals surface area contributed by atoms with E-state index in [2.05, 4.69) is 17.2 Å². The topological polar surface area (TPSA) is 60.2 Å². The lowest BCUT2D eigenvalue weighted by Gasteiger charge is -2.35. The lowest BCUT2D eigenvalue weighted by Crippen LogP contribution is -2.45. The summed E-state index contributed by atoms with van der Waals surface area (Å²) < 4.78 is 7.30. The number of ether oxygens (including phenoxy) is 1. The molecule has 0 unspecified atom stereocenters. The van der Waals surface area contributed by atoms with Gasteiger partial charge in [-0.3, -0.25) is 4.79 Å². The Kier molecular flexibility index (Phi) is 5.13. The van der Waals surface area contributed by atoms with Gasteiger partial charge < -0.3 is 9.64 Å². The quantitative estimate of drug-likeness (QED) is 0.847. The third-order valence-electron chi connectivity index (χ3n) is 4.53. The molecule has 0 radical (unpaired) electrons. The lowest BCUT2D eigenvalue weighted by molar-refractivity contribution is -0.137. The predicted octanol–water partition coefficient (Wildman–Crippen LogP) is 2.82. The number of hydrogen-bond donors (Lipinski definition) is 0. The molecule has 3 rings (SSSR count). The van der Waals surface area contributed by atoms with Gasteiger partial charge in [-0.2, -0.15) is 0 Å². The van der Waals surface area contributed by atoms with Gasteiger partial charge in [0.1, 0.15) is 24.1 Å². The van der Waals surface area contributed by atoms with E-state index >= 15 is 0 Å². The molecule has 128 valence electrons. The number of nitrogens with zero attached hydrogens (tertiary/aromatic N) is 4. The van der Waals surface area contributed by atoms with Crippen molar-refractivity contribution in [2.75, 3.05) is 6.54 Å². The molecule has 0 aliphatic carbocycles. The second-order valence-electron chi connectivity index (χ2n) is 6.34. The van der Waals surface area contributed by atoms with Crippen molar-refractivity contribution in [3.05, 3.63) is 42.2 Å². The smallest absolute Gasteiger partial charge is 0.247 e. The SMILES string of the molecule is C[C@@H]1CCCCN1C(=O)[C@@H](C)n1cc(COc2ccccc2)nn1. The first-order valence-corrected chi connectivity index (χ1v) is 8.54. The molecule has 0 bridgehead atoms. The fourth-order valence-electron chi connectivity index (χ4n) is 3.02. The van der Waals surface area contributed by atoms with Gasteiger partial charge in [-0.25, -0.2) is 4.68 Å². The highest BCUT2D eigenvalue weighted by Crippen LogP contribution is 2.20. The monoisotopic (exact) mass is 328 g/mol. The summed E-state index contributed by atoms with van der Waals surface area (Å²) >= 11 is 0. The van der Waals surface area contributed by atoms with Crippen LogP contribution in [0.1, 0.15) is 44.8 Å². The molecule has 24 heavy (non-hydrogen) atoms. The average molecular weight is 328 g/mol. The van der Waals surface area contributed by atoms with Crippen molar-refractivity contribution in [1.82, 2.24) is 19.9 Å². The van der Waals surface area contributed by atoms with Crippen molar-refractivity contribution in [3.8, 4) is 5.75 Å². The molecule has 0 N–H and O–H groups in total. The molecule has 1 aromatic heterocycles. The van der Waals surface area contributed by atoms with Crippen LogP contribution in [0.2, 0.25) is 0 Å². The Morgan fingerprint density at radius 3 is 2.88 bits per heavy atom. The van der Waals surface area contributed by atoms with Crippen LogP contribution in [-0.2, 0) is 11.4 Å². The van der Waals surface area contributed by atoms with E-state index in [0.29, 0.717) is 18.3 Å². The Balaban J connectivity index is 1.60. The van der Waals surface area contributed by atoms with Gasteiger partial charge >= 0.3 is 0 Å². The maximum absolute atomic E-state index is 12.7. The van der Waals surface area contributed by atoms with Crippen molar-refractivity contribution in [3.63, 3.8) is 0 Å². The maximum Gasteiger partial charge on any atom is 0.247 e. The molecule has 2 atom stereocenters. The van der Waals surface area contributed by atoms with E-state index in [0.717, 1.165) is 25.1 Å². The van der Waals surface area contributed by atoms with E-state index in [1.807, 2.05) is 42.2 Å². The summed E-state index contributed by atoms with van der Waals surface area (Å²) in [5.74, 6) is 0.904. The van der Waals surface area contributed by atoms with Crippen molar-refractivity contribution in [2.45, 2.75) is 51.8 Å². The number of benzene rings is 1. The first-order chi connectivity index (χ1) is 11.6. The van der Waals surface area contributed by atoms with Gasteiger partial charge in [0.15, 0.2) is 0 Å². The van der Waals surface area contributed by atoms with Gasteiger partial charge in [0.2, 0.25) is 5.91 Å². The van der Waals surface area contributed by atoms with Gasteiger partial charge in [0.05, 0.1) is 6.20 Å².